The molecule has 4 heteroatoms. The van der Waals surface area contributed by atoms with Crippen molar-refractivity contribution in [3.8, 4) is 0 Å². The van der Waals surface area contributed by atoms with Crippen molar-refractivity contribution in [3.05, 3.63) is 0 Å². The normalized spacial score (nSPS) is 16.2. The molecule has 2 atom stereocenters. The van der Waals surface area contributed by atoms with Gasteiger partial charge in [0, 0.05) is 0 Å². The van der Waals surface area contributed by atoms with Gasteiger partial charge in [-0.2, -0.15) is 0 Å². The van der Waals surface area contributed by atoms with Gasteiger partial charge in [-0.15, -0.1) is 0 Å². The molecule has 26 heavy (non-hydrogen) atoms. The Morgan fingerprint density at radius 2 is 1.04 bits per heavy atom. The summed E-state index contributed by atoms with van der Waals surface area (Å²) < 4.78 is 11.1. The van der Waals surface area contributed by atoms with E-state index in [0.29, 0.717) is 24.7 Å². The molecule has 2 unspecified atom stereocenters. The van der Waals surface area contributed by atoms with Gasteiger partial charge >= 0.3 is 11.9 Å². The third kappa shape index (κ3) is 10.2. The number of carbonyl (C=O) groups excluding carboxylic acids is 2. The first-order valence-corrected chi connectivity index (χ1v) is 10.4. The van der Waals surface area contributed by atoms with Crippen LogP contribution < -0.4 is 0 Å². The SMILES string of the molecule is CCC(C)(CCCC(C)C)OC(=O)C(=O)OC(C)(CC)CCCC(C)C. The largest absolute Gasteiger partial charge is 0.451 e. The molecule has 0 aromatic heterocycles. The van der Waals surface area contributed by atoms with Crippen LogP contribution in [0.4, 0.5) is 0 Å². The summed E-state index contributed by atoms with van der Waals surface area (Å²) in [5.74, 6) is -0.481. The topological polar surface area (TPSA) is 52.6 Å². The molecule has 0 spiro atoms. The summed E-state index contributed by atoms with van der Waals surface area (Å²) in [5, 5.41) is 0. The van der Waals surface area contributed by atoms with Crippen molar-refractivity contribution in [2.45, 2.75) is 118 Å². The van der Waals surface area contributed by atoms with E-state index in [1.165, 1.54) is 0 Å². The maximum absolute atomic E-state index is 12.3. The fourth-order valence-corrected chi connectivity index (χ4v) is 2.90. The Kier molecular flexibility index (Phi) is 11.1. The first-order chi connectivity index (χ1) is 12.0. The third-order valence-corrected chi connectivity index (χ3v) is 5.31. The second kappa shape index (κ2) is 11.6. The molecule has 0 aliphatic heterocycles. The molecule has 0 saturated carbocycles. The van der Waals surface area contributed by atoms with E-state index in [9.17, 15) is 9.59 Å². The predicted molar refractivity (Wildman–Crippen MR) is 107 cm³/mol. The van der Waals surface area contributed by atoms with Crippen LogP contribution in [0.15, 0.2) is 0 Å². The summed E-state index contributed by atoms with van der Waals surface area (Å²) >= 11 is 0. The average molecular weight is 371 g/mol. The number of carbonyl (C=O) groups is 2. The van der Waals surface area contributed by atoms with Crippen molar-refractivity contribution in [3.63, 3.8) is 0 Å². The van der Waals surface area contributed by atoms with E-state index < -0.39 is 23.1 Å². The first kappa shape index (κ1) is 24.9. The number of esters is 2. The minimum absolute atomic E-state index is 0.606. The molecule has 0 saturated heterocycles. The zero-order valence-electron chi connectivity index (χ0n) is 18.4. The van der Waals surface area contributed by atoms with Crippen LogP contribution >= 0.6 is 0 Å². The summed E-state index contributed by atoms with van der Waals surface area (Å²) in [6.45, 7) is 16.5. The molecule has 0 amide bonds. The second-order valence-corrected chi connectivity index (χ2v) is 8.96. The Balaban J connectivity index is 4.67. The van der Waals surface area contributed by atoms with Crippen molar-refractivity contribution < 1.29 is 19.1 Å². The van der Waals surface area contributed by atoms with Gasteiger partial charge in [-0.25, -0.2) is 9.59 Å². The first-order valence-electron chi connectivity index (χ1n) is 10.4. The highest BCUT2D eigenvalue weighted by Gasteiger charge is 2.34. The maximum atomic E-state index is 12.3. The highest BCUT2D eigenvalue weighted by atomic mass is 16.6. The summed E-state index contributed by atoms with van der Waals surface area (Å²) in [7, 11) is 0. The van der Waals surface area contributed by atoms with E-state index in [4.69, 9.17) is 9.47 Å². The summed E-state index contributed by atoms with van der Waals surface area (Å²) in [4.78, 5) is 24.6. The minimum atomic E-state index is -0.859. The zero-order chi connectivity index (χ0) is 20.4. The van der Waals surface area contributed by atoms with E-state index in [-0.39, 0.29) is 0 Å². The van der Waals surface area contributed by atoms with Crippen LogP contribution in [0, 0.1) is 11.8 Å². The van der Waals surface area contributed by atoms with Crippen LogP contribution in [-0.2, 0) is 19.1 Å². The average Bonchev–Trinajstić information content (AvgIpc) is 2.53. The van der Waals surface area contributed by atoms with Crippen LogP contribution in [-0.4, -0.2) is 23.1 Å². The Labute approximate surface area is 161 Å². The van der Waals surface area contributed by atoms with Crippen LogP contribution in [0.3, 0.4) is 0 Å². The van der Waals surface area contributed by atoms with Crippen molar-refractivity contribution in [1.29, 1.82) is 0 Å². The Morgan fingerprint density at radius 1 is 0.731 bits per heavy atom. The second-order valence-electron chi connectivity index (χ2n) is 8.96. The van der Waals surface area contributed by atoms with Crippen LogP contribution in [0.2, 0.25) is 0 Å². The molecule has 0 aromatic carbocycles. The van der Waals surface area contributed by atoms with Crippen molar-refractivity contribution in [2.24, 2.45) is 11.8 Å². The Bertz CT molecular complexity index is 390. The molecule has 0 aromatic rings. The molecule has 154 valence electrons. The fourth-order valence-electron chi connectivity index (χ4n) is 2.90. The van der Waals surface area contributed by atoms with Gasteiger partial charge in [-0.05, 0) is 64.2 Å². The molecule has 0 heterocycles. The van der Waals surface area contributed by atoms with Crippen LogP contribution in [0.1, 0.15) is 107 Å². The van der Waals surface area contributed by atoms with Gasteiger partial charge in [0.2, 0.25) is 0 Å². The predicted octanol–water partition coefficient (Wildman–Crippen LogP) is 6.06. The molecule has 4 nitrogen and oxygen atoms in total. The lowest BCUT2D eigenvalue weighted by Crippen LogP contribution is -2.39. The highest BCUT2D eigenvalue weighted by Crippen LogP contribution is 2.27. The van der Waals surface area contributed by atoms with E-state index in [2.05, 4.69) is 27.7 Å². The van der Waals surface area contributed by atoms with Crippen molar-refractivity contribution >= 4 is 11.9 Å². The van der Waals surface area contributed by atoms with Gasteiger partial charge in [0.25, 0.3) is 0 Å². The number of ether oxygens (including phenoxy) is 2. The summed E-state index contributed by atoms with van der Waals surface area (Å²) in [5.41, 5.74) is -1.21. The molecule has 0 radical (unpaired) electrons. The molecular formula is C22H42O4. The van der Waals surface area contributed by atoms with Gasteiger partial charge in [0.05, 0.1) is 0 Å². The lowest BCUT2D eigenvalue weighted by Gasteiger charge is -2.31. The Hall–Kier alpha value is -1.06. The van der Waals surface area contributed by atoms with E-state index in [1.807, 2.05) is 27.7 Å². The van der Waals surface area contributed by atoms with E-state index in [1.54, 1.807) is 0 Å². The number of rotatable bonds is 12. The van der Waals surface area contributed by atoms with Gasteiger partial charge in [-0.3, -0.25) is 0 Å². The highest BCUT2D eigenvalue weighted by molar-refractivity contribution is 6.29. The number of hydrogen-bond donors (Lipinski definition) is 0. The van der Waals surface area contributed by atoms with Crippen molar-refractivity contribution in [1.82, 2.24) is 0 Å². The van der Waals surface area contributed by atoms with Gasteiger partial charge in [-0.1, -0.05) is 54.4 Å². The van der Waals surface area contributed by atoms with Gasteiger partial charge < -0.3 is 9.47 Å². The van der Waals surface area contributed by atoms with E-state index in [0.717, 1.165) is 38.5 Å². The molecule has 0 N–H and O–H groups in total. The molecule has 0 rings (SSSR count). The fraction of sp³-hybridized carbons (Fsp3) is 0.909. The van der Waals surface area contributed by atoms with Crippen LogP contribution in [0.25, 0.3) is 0 Å². The monoisotopic (exact) mass is 370 g/mol. The Morgan fingerprint density at radius 3 is 1.27 bits per heavy atom. The van der Waals surface area contributed by atoms with E-state index >= 15 is 0 Å². The molecule has 0 aliphatic rings. The summed E-state index contributed by atoms with van der Waals surface area (Å²) in [6, 6.07) is 0. The van der Waals surface area contributed by atoms with Gasteiger partial charge in [0.15, 0.2) is 0 Å². The maximum Gasteiger partial charge on any atom is 0.418 e. The van der Waals surface area contributed by atoms with Crippen molar-refractivity contribution in [2.75, 3.05) is 0 Å². The van der Waals surface area contributed by atoms with Crippen LogP contribution in [0.5, 0.6) is 0 Å². The van der Waals surface area contributed by atoms with Gasteiger partial charge in [0.1, 0.15) is 11.2 Å². The standard InChI is InChI=1S/C22H42O4/c1-9-21(7,15-11-13-17(3)4)25-19(23)20(24)26-22(8,10-2)16-12-14-18(5)6/h17-18H,9-16H2,1-8H3. The zero-order valence-corrected chi connectivity index (χ0v) is 18.4. The molecule has 0 bridgehead atoms. The lowest BCUT2D eigenvalue weighted by atomic mass is 9.93. The molecule has 0 fully saturated rings. The lowest BCUT2D eigenvalue weighted by molar-refractivity contribution is -0.185. The minimum Gasteiger partial charge on any atom is -0.451 e. The third-order valence-electron chi connectivity index (χ3n) is 5.31. The summed E-state index contributed by atoms with van der Waals surface area (Å²) in [6.07, 6.45) is 7.02. The molecule has 0 aliphatic carbocycles. The quantitative estimate of drug-likeness (QED) is 0.309. The molecular weight excluding hydrogens is 328 g/mol. The number of hydrogen-bond acceptors (Lipinski definition) is 4. The smallest absolute Gasteiger partial charge is 0.418 e.